The minimum absolute atomic E-state index is 0.0112. The van der Waals surface area contributed by atoms with E-state index in [2.05, 4.69) is 4.98 Å². The number of H-pyrrole nitrogens is 1. The maximum atomic E-state index is 12.5. The predicted octanol–water partition coefficient (Wildman–Crippen LogP) is 1.81. The molecule has 2 heterocycles. The Hall–Kier alpha value is -1.47. The second kappa shape index (κ2) is 4.82. The highest BCUT2D eigenvalue weighted by Gasteiger charge is 2.27. The zero-order valence-electron chi connectivity index (χ0n) is 10.7. The molecule has 0 aliphatic carbocycles. The minimum atomic E-state index is -3.09. The standard InChI is InChI=1S/C13H14N2O3S2/c16-12-10-5-1-2-6-11(10)14-13(19)15(12)9-4-3-7-20(17,18)8-9/h1-2,5-6,9H,3-4,7-8H2,(H,14,19). The van der Waals surface area contributed by atoms with Crippen LogP contribution in [0.4, 0.5) is 0 Å². The molecule has 106 valence electrons. The van der Waals surface area contributed by atoms with Crippen LogP contribution in [0.25, 0.3) is 10.9 Å². The average Bonchev–Trinajstić information content (AvgIpc) is 2.37. The van der Waals surface area contributed by atoms with Crippen LogP contribution in [0.2, 0.25) is 0 Å². The van der Waals surface area contributed by atoms with Crippen molar-refractivity contribution in [1.29, 1.82) is 0 Å². The Kier molecular flexibility index (Phi) is 3.25. The van der Waals surface area contributed by atoms with Crippen LogP contribution in [0.3, 0.4) is 0 Å². The van der Waals surface area contributed by atoms with E-state index in [1.165, 1.54) is 4.57 Å². The van der Waals surface area contributed by atoms with Crippen LogP contribution in [-0.4, -0.2) is 29.5 Å². The smallest absolute Gasteiger partial charge is 0.262 e. The Bertz CT molecular complexity index is 880. The summed E-state index contributed by atoms with van der Waals surface area (Å²) in [5.41, 5.74) is 0.462. The van der Waals surface area contributed by atoms with E-state index in [9.17, 15) is 13.2 Å². The molecule has 1 atom stereocenters. The highest BCUT2D eigenvalue weighted by atomic mass is 32.2. The van der Waals surface area contributed by atoms with Crippen LogP contribution < -0.4 is 5.56 Å². The molecule has 0 bridgehead atoms. The molecule has 7 heteroatoms. The number of sulfone groups is 1. The summed E-state index contributed by atoms with van der Waals surface area (Å²) in [4.78, 5) is 15.5. The zero-order chi connectivity index (χ0) is 14.3. The van der Waals surface area contributed by atoms with Gasteiger partial charge in [-0.05, 0) is 37.2 Å². The fourth-order valence-electron chi connectivity index (χ4n) is 2.71. The van der Waals surface area contributed by atoms with Gasteiger partial charge in [-0.15, -0.1) is 0 Å². The number of benzene rings is 1. The topological polar surface area (TPSA) is 71.9 Å². The number of aromatic nitrogens is 2. The lowest BCUT2D eigenvalue weighted by atomic mass is 10.1. The highest BCUT2D eigenvalue weighted by Crippen LogP contribution is 2.22. The van der Waals surface area contributed by atoms with E-state index in [1.54, 1.807) is 18.2 Å². The summed E-state index contributed by atoms with van der Waals surface area (Å²) in [6.07, 6.45) is 1.23. The SMILES string of the molecule is O=c1c2ccccc2[nH]c(=S)n1C1CCCS(=O)(=O)C1. The van der Waals surface area contributed by atoms with Crippen molar-refractivity contribution in [2.45, 2.75) is 18.9 Å². The second-order valence-corrected chi connectivity index (χ2v) is 7.68. The van der Waals surface area contributed by atoms with Crippen molar-refractivity contribution < 1.29 is 8.42 Å². The molecule has 1 saturated heterocycles. The Labute approximate surface area is 121 Å². The van der Waals surface area contributed by atoms with Crippen molar-refractivity contribution in [1.82, 2.24) is 9.55 Å². The van der Waals surface area contributed by atoms with E-state index in [1.807, 2.05) is 6.07 Å². The molecule has 1 aliphatic rings. The van der Waals surface area contributed by atoms with Crippen molar-refractivity contribution in [3.63, 3.8) is 0 Å². The van der Waals surface area contributed by atoms with Crippen molar-refractivity contribution in [2.75, 3.05) is 11.5 Å². The number of para-hydroxylation sites is 1. The molecular formula is C13H14N2O3S2. The molecule has 3 rings (SSSR count). The van der Waals surface area contributed by atoms with Crippen LogP contribution in [0.15, 0.2) is 29.1 Å². The quantitative estimate of drug-likeness (QED) is 0.815. The van der Waals surface area contributed by atoms with Crippen LogP contribution in [0.5, 0.6) is 0 Å². The molecule has 1 aromatic carbocycles. The van der Waals surface area contributed by atoms with Crippen molar-refractivity contribution in [3.8, 4) is 0 Å². The maximum absolute atomic E-state index is 12.5. The maximum Gasteiger partial charge on any atom is 0.262 e. The van der Waals surface area contributed by atoms with Crippen LogP contribution >= 0.6 is 12.2 Å². The first-order valence-electron chi connectivity index (χ1n) is 6.42. The molecule has 1 aliphatic heterocycles. The van der Waals surface area contributed by atoms with Crippen molar-refractivity contribution in [2.24, 2.45) is 0 Å². The lowest BCUT2D eigenvalue weighted by molar-refractivity contribution is 0.454. The normalized spacial score (nSPS) is 21.9. The molecule has 2 aromatic rings. The summed E-state index contributed by atoms with van der Waals surface area (Å²) < 4.78 is 25.2. The molecule has 1 fully saturated rings. The Morgan fingerprint density at radius 1 is 1.30 bits per heavy atom. The molecule has 5 nitrogen and oxygen atoms in total. The van der Waals surface area contributed by atoms with Gasteiger partial charge in [-0.1, -0.05) is 12.1 Å². The third-order valence-corrected chi connectivity index (χ3v) is 5.74. The summed E-state index contributed by atoms with van der Waals surface area (Å²) in [6, 6.07) is 6.74. The minimum Gasteiger partial charge on any atom is -0.332 e. The highest BCUT2D eigenvalue weighted by molar-refractivity contribution is 7.91. The van der Waals surface area contributed by atoms with Crippen LogP contribution in [0, 0.1) is 4.77 Å². The zero-order valence-corrected chi connectivity index (χ0v) is 12.3. The fourth-order valence-corrected chi connectivity index (χ4v) is 4.73. The van der Waals surface area contributed by atoms with E-state index < -0.39 is 9.84 Å². The molecule has 0 saturated carbocycles. The van der Waals surface area contributed by atoms with E-state index in [4.69, 9.17) is 12.2 Å². The Morgan fingerprint density at radius 2 is 2.05 bits per heavy atom. The van der Waals surface area contributed by atoms with Gasteiger partial charge >= 0.3 is 0 Å². The van der Waals surface area contributed by atoms with Gasteiger partial charge in [-0.2, -0.15) is 0 Å². The van der Waals surface area contributed by atoms with Gasteiger partial charge < -0.3 is 4.98 Å². The van der Waals surface area contributed by atoms with Gasteiger partial charge in [-0.25, -0.2) is 8.42 Å². The van der Waals surface area contributed by atoms with Crippen molar-refractivity contribution in [3.05, 3.63) is 39.4 Å². The molecule has 1 N–H and O–H groups in total. The summed E-state index contributed by atoms with van der Waals surface area (Å²) >= 11 is 5.24. The number of aromatic amines is 1. The molecule has 1 unspecified atom stereocenters. The number of hydrogen-bond acceptors (Lipinski definition) is 4. The second-order valence-electron chi connectivity index (χ2n) is 5.06. The first-order valence-corrected chi connectivity index (χ1v) is 8.65. The van der Waals surface area contributed by atoms with Crippen LogP contribution in [0.1, 0.15) is 18.9 Å². The molecule has 20 heavy (non-hydrogen) atoms. The third kappa shape index (κ3) is 2.31. The number of fused-ring (bicyclic) bond motifs is 1. The van der Waals surface area contributed by atoms with E-state index >= 15 is 0 Å². The summed E-state index contributed by atoms with van der Waals surface area (Å²) in [6.45, 7) is 0. The van der Waals surface area contributed by atoms with Crippen LogP contribution in [-0.2, 0) is 9.84 Å². The van der Waals surface area contributed by atoms with Gasteiger partial charge in [-0.3, -0.25) is 9.36 Å². The molecular weight excluding hydrogens is 296 g/mol. The third-order valence-electron chi connectivity index (χ3n) is 3.64. The van der Waals surface area contributed by atoms with Gasteiger partial charge in [0.05, 0.1) is 28.5 Å². The van der Waals surface area contributed by atoms with Gasteiger partial charge in [0.2, 0.25) is 0 Å². The van der Waals surface area contributed by atoms with E-state index in [-0.39, 0.29) is 27.9 Å². The molecule has 1 aromatic heterocycles. The number of nitrogens with zero attached hydrogens (tertiary/aromatic N) is 1. The lowest BCUT2D eigenvalue weighted by Gasteiger charge is -2.24. The number of hydrogen-bond donors (Lipinski definition) is 1. The average molecular weight is 310 g/mol. The Morgan fingerprint density at radius 3 is 2.80 bits per heavy atom. The molecule has 0 spiro atoms. The van der Waals surface area contributed by atoms with E-state index in [0.717, 1.165) is 0 Å². The van der Waals surface area contributed by atoms with Crippen molar-refractivity contribution >= 4 is 33.0 Å². The largest absolute Gasteiger partial charge is 0.332 e. The summed E-state index contributed by atoms with van der Waals surface area (Å²) in [5.74, 6) is 0.186. The summed E-state index contributed by atoms with van der Waals surface area (Å²) in [5, 5.41) is 0.532. The van der Waals surface area contributed by atoms with Gasteiger partial charge in [0.25, 0.3) is 5.56 Å². The van der Waals surface area contributed by atoms with Gasteiger partial charge in [0.1, 0.15) is 0 Å². The monoisotopic (exact) mass is 310 g/mol. The van der Waals surface area contributed by atoms with Gasteiger partial charge in [0, 0.05) is 0 Å². The predicted molar refractivity (Wildman–Crippen MR) is 80.3 cm³/mol. The van der Waals surface area contributed by atoms with Gasteiger partial charge in [0.15, 0.2) is 14.6 Å². The Balaban J connectivity index is 2.22. The molecule has 0 amide bonds. The first-order chi connectivity index (χ1) is 9.48. The fraction of sp³-hybridized carbons (Fsp3) is 0.385. The number of rotatable bonds is 1. The first kappa shape index (κ1) is 13.5. The molecule has 0 radical (unpaired) electrons. The van der Waals surface area contributed by atoms with E-state index in [0.29, 0.717) is 23.7 Å². The lowest BCUT2D eigenvalue weighted by Crippen LogP contribution is -2.34. The number of nitrogens with one attached hydrogen (secondary N) is 1. The summed E-state index contributed by atoms with van der Waals surface area (Å²) in [7, 11) is -3.09.